The third kappa shape index (κ3) is 3.22. The standard InChI is InChI=1S/C20H21N3O2/c24-19-10-14-8-9-23(13-16(14)12-22-19)20(25)7-3-4-15-11-21-18-6-2-1-5-17(15)18/h1-2,5-6,10-12,21H,3-4,7-9,13H2,(H,22,24). The van der Waals surface area contributed by atoms with Crippen molar-refractivity contribution in [1.29, 1.82) is 0 Å². The molecule has 1 aliphatic heterocycles. The summed E-state index contributed by atoms with van der Waals surface area (Å²) in [7, 11) is 0. The van der Waals surface area contributed by atoms with Gasteiger partial charge in [0.25, 0.3) is 0 Å². The molecule has 3 aromatic rings. The highest BCUT2D eigenvalue weighted by Gasteiger charge is 2.20. The van der Waals surface area contributed by atoms with Crippen molar-refractivity contribution in [3.63, 3.8) is 0 Å². The van der Waals surface area contributed by atoms with Crippen molar-refractivity contribution in [2.24, 2.45) is 0 Å². The van der Waals surface area contributed by atoms with Crippen molar-refractivity contribution in [2.75, 3.05) is 6.54 Å². The van der Waals surface area contributed by atoms with Gasteiger partial charge in [-0.05, 0) is 42.0 Å². The van der Waals surface area contributed by atoms with Crippen LogP contribution in [0.25, 0.3) is 10.9 Å². The molecular formula is C20H21N3O2. The molecule has 0 unspecified atom stereocenters. The lowest BCUT2D eigenvalue weighted by Gasteiger charge is -2.28. The Hall–Kier alpha value is -2.82. The first-order chi connectivity index (χ1) is 12.2. The number of rotatable bonds is 4. The third-order valence-corrected chi connectivity index (χ3v) is 4.98. The number of hydrogen-bond acceptors (Lipinski definition) is 2. The predicted molar refractivity (Wildman–Crippen MR) is 97.4 cm³/mol. The zero-order valence-electron chi connectivity index (χ0n) is 14.0. The van der Waals surface area contributed by atoms with E-state index >= 15 is 0 Å². The number of hydrogen-bond donors (Lipinski definition) is 2. The summed E-state index contributed by atoms with van der Waals surface area (Å²) in [5.41, 5.74) is 4.45. The number of carbonyl (C=O) groups is 1. The molecule has 5 heteroatoms. The second-order valence-electron chi connectivity index (χ2n) is 6.63. The van der Waals surface area contributed by atoms with Crippen LogP contribution < -0.4 is 5.56 Å². The van der Waals surface area contributed by atoms with E-state index in [2.05, 4.69) is 22.1 Å². The molecule has 0 saturated carbocycles. The lowest BCUT2D eigenvalue weighted by atomic mass is 10.0. The Morgan fingerprint density at radius 1 is 1.12 bits per heavy atom. The maximum atomic E-state index is 12.5. The number of benzene rings is 1. The van der Waals surface area contributed by atoms with E-state index in [9.17, 15) is 9.59 Å². The molecule has 1 aromatic carbocycles. The average molecular weight is 335 g/mol. The monoisotopic (exact) mass is 335 g/mol. The van der Waals surface area contributed by atoms with Crippen LogP contribution in [0.5, 0.6) is 0 Å². The minimum atomic E-state index is -0.0720. The minimum absolute atomic E-state index is 0.0720. The number of fused-ring (bicyclic) bond motifs is 2. The normalized spacial score (nSPS) is 13.8. The summed E-state index contributed by atoms with van der Waals surface area (Å²) in [5, 5.41) is 1.24. The van der Waals surface area contributed by atoms with Crippen molar-refractivity contribution < 1.29 is 4.79 Å². The Balaban J connectivity index is 1.35. The van der Waals surface area contributed by atoms with Gasteiger partial charge < -0.3 is 14.9 Å². The Labute approximate surface area is 145 Å². The summed E-state index contributed by atoms with van der Waals surface area (Å²) in [6, 6.07) is 9.90. The molecule has 1 aliphatic rings. The Morgan fingerprint density at radius 2 is 2.00 bits per heavy atom. The molecule has 4 rings (SSSR count). The largest absolute Gasteiger partial charge is 0.361 e. The zero-order valence-corrected chi connectivity index (χ0v) is 14.0. The van der Waals surface area contributed by atoms with E-state index in [0.717, 1.165) is 35.9 Å². The molecular weight excluding hydrogens is 314 g/mol. The first kappa shape index (κ1) is 15.7. The molecule has 0 atom stereocenters. The van der Waals surface area contributed by atoms with Gasteiger partial charge in [-0.1, -0.05) is 18.2 Å². The Morgan fingerprint density at radius 3 is 2.92 bits per heavy atom. The smallest absolute Gasteiger partial charge is 0.248 e. The second kappa shape index (κ2) is 6.59. The SMILES string of the molecule is O=C(CCCc1c[nH]c2ccccc12)N1CCc2cc(=O)[nH]cc2C1. The van der Waals surface area contributed by atoms with Crippen LogP contribution in [0, 0.1) is 0 Å². The molecule has 2 aromatic heterocycles. The van der Waals surface area contributed by atoms with Crippen molar-refractivity contribution in [2.45, 2.75) is 32.2 Å². The van der Waals surface area contributed by atoms with Crippen LogP contribution in [0.15, 0.2) is 47.5 Å². The lowest BCUT2D eigenvalue weighted by Crippen LogP contribution is -2.36. The number of aryl methyl sites for hydroxylation is 1. The second-order valence-corrected chi connectivity index (χ2v) is 6.63. The first-order valence-electron chi connectivity index (χ1n) is 8.74. The van der Waals surface area contributed by atoms with Crippen LogP contribution in [-0.2, 0) is 24.2 Å². The molecule has 0 radical (unpaired) electrons. The zero-order chi connectivity index (χ0) is 17.2. The van der Waals surface area contributed by atoms with Gasteiger partial charge in [0.2, 0.25) is 11.5 Å². The quantitative estimate of drug-likeness (QED) is 0.770. The summed E-state index contributed by atoms with van der Waals surface area (Å²) >= 11 is 0. The molecule has 0 saturated heterocycles. The number of aromatic amines is 2. The van der Waals surface area contributed by atoms with E-state index in [-0.39, 0.29) is 11.5 Å². The summed E-state index contributed by atoms with van der Waals surface area (Å²) < 4.78 is 0. The Kier molecular flexibility index (Phi) is 4.14. The van der Waals surface area contributed by atoms with Gasteiger partial charge in [0.15, 0.2) is 0 Å². The summed E-state index contributed by atoms with van der Waals surface area (Å²) in [6.07, 6.45) is 6.83. The highest BCUT2D eigenvalue weighted by Crippen LogP contribution is 2.21. The fraction of sp³-hybridized carbons (Fsp3) is 0.300. The molecule has 0 fully saturated rings. The highest BCUT2D eigenvalue weighted by molar-refractivity contribution is 5.83. The first-order valence-corrected chi connectivity index (χ1v) is 8.74. The van der Waals surface area contributed by atoms with Crippen LogP contribution in [0.4, 0.5) is 0 Å². The summed E-state index contributed by atoms with van der Waals surface area (Å²) in [4.78, 5) is 31.8. The number of nitrogens with one attached hydrogen (secondary N) is 2. The molecule has 128 valence electrons. The number of H-pyrrole nitrogens is 2. The fourth-order valence-corrected chi connectivity index (χ4v) is 3.60. The van der Waals surface area contributed by atoms with Gasteiger partial charge in [-0.2, -0.15) is 0 Å². The van der Waals surface area contributed by atoms with Crippen LogP contribution >= 0.6 is 0 Å². The van der Waals surface area contributed by atoms with Crippen molar-refractivity contribution in [3.8, 4) is 0 Å². The number of amides is 1. The number of aromatic nitrogens is 2. The summed E-state index contributed by atoms with van der Waals surface area (Å²) in [6.45, 7) is 1.29. The van der Waals surface area contributed by atoms with E-state index < -0.39 is 0 Å². The Bertz CT molecular complexity index is 970. The maximum absolute atomic E-state index is 12.5. The molecule has 0 bridgehead atoms. The van der Waals surface area contributed by atoms with Crippen LogP contribution in [0.3, 0.4) is 0 Å². The topological polar surface area (TPSA) is 69.0 Å². The fourth-order valence-electron chi connectivity index (χ4n) is 3.60. The van der Waals surface area contributed by atoms with E-state index in [4.69, 9.17) is 0 Å². The molecule has 5 nitrogen and oxygen atoms in total. The van der Waals surface area contributed by atoms with Crippen LogP contribution in [0.2, 0.25) is 0 Å². The molecule has 0 aliphatic carbocycles. The predicted octanol–water partition coefficient (Wildman–Crippen LogP) is 2.76. The summed E-state index contributed by atoms with van der Waals surface area (Å²) in [5.74, 6) is 0.191. The number of pyridine rings is 1. The number of carbonyl (C=O) groups excluding carboxylic acids is 1. The lowest BCUT2D eigenvalue weighted by molar-refractivity contribution is -0.132. The molecule has 1 amide bonds. The van der Waals surface area contributed by atoms with Gasteiger partial charge in [0.1, 0.15) is 0 Å². The number of nitrogens with zero attached hydrogens (tertiary/aromatic N) is 1. The minimum Gasteiger partial charge on any atom is -0.361 e. The van der Waals surface area contributed by atoms with Crippen molar-refractivity contribution in [1.82, 2.24) is 14.9 Å². The van der Waals surface area contributed by atoms with Gasteiger partial charge in [-0.3, -0.25) is 9.59 Å². The molecule has 25 heavy (non-hydrogen) atoms. The van der Waals surface area contributed by atoms with Gasteiger partial charge >= 0.3 is 0 Å². The van der Waals surface area contributed by atoms with E-state index in [1.807, 2.05) is 23.2 Å². The molecule has 2 N–H and O–H groups in total. The highest BCUT2D eigenvalue weighted by atomic mass is 16.2. The van der Waals surface area contributed by atoms with Gasteiger partial charge in [-0.25, -0.2) is 0 Å². The van der Waals surface area contributed by atoms with E-state index in [0.29, 0.717) is 19.5 Å². The molecule has 3 heterocycles. The molecule has 0 spiro atoms. The third-order valence-electron chi connectivity index (χ3n) is 4.98. The van der Waals surface area contributed by atoms with Gasteiger partial charge in [-0.15, -0.1) is 0 Å². The van der Waals surface area contributed by atoms with Gasteiger partial charge in [0.05, 0.1) is 0 Å². The van der Waals surface area contributed by atoms with Crippen molar-refractivity contribution in [3.05, 3.63) is 69.8 Å². The van der Waals surface area contributed by atoms with E-state index in [1.165, 1.54) is 10.9 Å². The maximum Gasteiger partial charge on any atom is 0.248 e. The van der Waals surface area contributed by atoms with E-state index in [1.54, 1.807) is 12.3 Å². The van der Waals surface area contributed by atoms with Crippen LogP contribution in [0.1, 0.15) is 29.5 Å². The van der Waals surface area contributed by atoms with Crippen LogP contribution in [-0.4, -0.2) is 27.3 Å². The van der Waals surface area contributed by atoms with Gasteiger partial charge in [0, 0.05) is 48.9 Å². The average Bonchev–Trinajstić information content (AvgIpc) is 3.04. The number of para-hydroxylation sites is 1. The van der Waals surface area contributed by atoms with Crippen molar-refractivity contribution >= 4 is 16.8 Å².